The molecule has 0 fully saturated rings. The molecule has 4 aromatic carbocycles. The highest BCUT2D eigenvalue weighted by Gasteiger charge is 2.13. The molecule has 0 saturated carbocycles. The van der Waals surface area contributed by atoms with E-state index in [4.69, 9.17) is 9.47 Å². The van der Waals surface area contributed by atoms with Crippen LogP contribution < -0.4 is 14.9 Å². The lowest BCUT2D eigenvalue weighted by Crippen LogP contribution is -2.18. The molecule has 0 spiro atoms. The van der Waals surface area contributed by atoms with Gasteiger partial charge in [-0.3, -0.25) is 4.79 Å². The van der Waals surface area contributed by atoms with Crippen molar-refractivity contribution >= 4 is 45.5 Å². The topological polar surface area (TPSA) is 59.9 Å². The molecule has 0 saturated heterocycles. The number of amides is 1. The van der Waals surface area contributed by atoms with Crippen molar-refractivity contribution in [2.75, 3.05) is 7.11 Å². The minimum absolute atomic E-state index is 0.269. The third-order valence-corrected chi connectivity index (χ3v) is 5.77. The SMILES string of the molecule is COc1cc2ccccc2cc1C(=O)N/N=C\c1ccc(OCc2cccc(F)c2)c(I)c1. The smallest absolute Gasteiger partial charge is 0.275 e. The number of methoxy groups -OCH3 is 1. The summed E-state index contributed by atoms with van der Waals surface area (Å²) < 4.78 is 25.4. The zero-order valence-corrected chi connectivity index (χ0v) is 19.9. The Kier molecular flexibility index (Phi) is 7.19. The third kappa shape index (κ3) is 5.67. The normalized spacial score (nSPS) is 11.0. The van der Waals surface area contributed by atoms with Gasteiger partial charge in [-0.25, -0.2) is 9.82 Å². The van der Waals surface area contributed by atoms with Crippen LogP contribution in [0.1, 0.15) is 21.5 Å². The van der Waals surface area contributed by atoms with Gasteiger partial charge in [-0.05, 0) is 87.0 Å². The van der Waals surface area contributed by atoms with Crippen molar-refractivity contribution in [3.8, 4) is 11.5 Å². The lowest BCUT2D eigenvalue weighted by molar-refractivity contribution is 0.0952. The van der Waals surface area contributed by atoms with Gasteiger partial charge < -0.3 is 9.47 Å². The maximum Gasteiger partial charge on any atom is 0.275 e. The largest absolute Gasteiger partial charge is 0.496 e. The van der Waals surface area contributed by atoms with Crippen LogP contribution in [0, 0.1) is 9.39 Å². The first-order chi connectivity index (χ1) is 16.0. The second-order valence-corrected chi connectivity index (χ2v) is 8.37. The molecule has 0 aliphatic rings. The maximum absolute atomic E-state index is 13.3. The highest BCUT2D eigenvalue weighted by atomic mass is 127. The van der Waals surface area contributed by atoms with Gasteiger partial charge in [0.15, 0.2) is 0 Å². The molecule has 0 bridgehead atoms. The molecular formula is C26H20FIN2O3. The predicted octanol–water partition coefficient (Wildman–Crippen LogP) is 5.94. The van der Waals surface area contributed by atoms with Crippen LogP contribution in [0.5, 0.6) is 11.5 Å². The van der Waals surface area contributed by atoms with Gasteiger partial charge in [0.05, 0.1) is 22.5 Å². The highest BCUT2D eigenvalue weighted by molar-refractivity contribution is 14.1. The van der Waals surface area contributed by atoms with E-state index >= 15 is 0 Å². The van der Waals surface area contributed by atoms with Gasteiger partial charge in [-0.2, -0.15) is 5.10 Å². The Morgan fingerprint density at radius 2 is 1.79 bits per heavy atom. The van der Waals surface area contributed by atoms with Gasteiger partial charge in [0.1, 0.15) is 23.9 Å². The van der Waals surface area contributed by atoms with Crippen molar-refractivity contribution in [2.24, 2.45) is 5.10 Å². The van der Waals surface area contributed by atoms with Crippen LogP contribution in [-0.2, 0) is 6.61 Å². The van der Waals surface area contributed by atoms with Crippen LogP contribution >= 0.6 is 22.6 Å². The monoisotopic (exact) mass is 554 g/mol. The van der Waals surface area contributed by atoms with Crippen molar-refractivity contribution in [3.63, 3.8) is 0 Å². The van der Waals surface area contributed by atoms with Crippen LogP contribution in [0.25, 0.3) is 10.8 Å². The van der Waals surface area contributed by atoms with Crippen LogP contribution in [0.15, 0.2) is 84.0 Å². The summed E-state index contributed by atoms with van der Waals surface area (Å²) in [6.07, 6.45) is 1.56. The number of rotatable bonds is 7. The van der Waals surface area contributed by atoms with Crippen molar-refractivity contribution in [1.82, 2.24) is 5.43 Å². The van der Waals surface area contributed by atoms with Crippen LogP contribution in [0.3, 0.4) is 0 Å². The Morgan fingerprint density at radius 1 is 1.00 bits per heavy atom. The average Bonchev–Trinajstić information content (AvgIpc) is 2.82. The Labute approximate surface area is 204 Å². The second-order valence-electron chi connectivity index (χ2n) is 7.21. The quantitative estimate of drug-likeness (QED) is 0.175. The van der Waals surface area contributed by atoms with Gasteiger partial charge in [0, 0.05) is 0 Å². The molecule has 0 heterocycles. The highest BCUT2D eigenvalue weighted by Crippen LogP contribution is 2.26. The number of benzene rings is 4. The lowest BCUT2D eigenvalue weighted by atomic mass is 10.1. The van der Waals surface area contributed by atoms with Crippen molar-refractivity contribution in [3.05, 3.63) is 105 Å². The van der Waals surface area contributed by atoms with E-state index in [-0.39, 0.29) is 18.3 Å². The number of ether oxygens (including phenoxy) is 2. The summed E-state index contributed by atoms with van der Waals surface area (Å²) in [6, 6.07) is 23.2. The Hall–Kier alpha value is -3.46. The Balaban J connectivity index is 1.41. The van der Waals surface area contributed by atoms with Crippen molar-refractivity contribution in [1.29, 1.82) is 0 Å². The minimum Gasteiger partial charge on any atom is -0.496 e. The van der Waals surface area contributed by atoms with Crippen molar-refractivity contribution < 1.29 is 18.7 Å². The number of carbonyl (C=O) groups excluding carboxylic acids is 1. The van der Waals surface area contributed by atoms with E-state index in [1.807, 2.05) is 54.6 Å². The Morgan fingerprint density at radius 3 is 2.52 bits per heavy atom. The van der Waals surface area contributed by atoms with E-state index in [9.17, 15) is 9.18 Å². The molecule has 0 aliphatic heterocycles. The number of nitrogens with one attached hydrogen (secondary N) is 1. The van der Waals surface area contributed by atoms with Gasteiger partial charge in [-0.1, -0.05) is 36.4 Å². The predicted molar refractivity (Wildman–Crippen MR) is 135 cm³/mol. The molecule has 4 aromatic rings. The molecule has 166 valence electrons. The van der Waals surface area contributed by atoms with E-state index in [2.05, 4.69) is 33.1 Å². The minimum atomic E-state index is -0.362. The number of halogens is 2. The molecule has 0 unspecified atom stereocenters. The van der Waals surface area contributed by atoms with Gasteiger partial charge in [0.2, 0.25) is 0 Å². The molecule has 0 aliphatic carbocycles. The molecule has 0 aromatic heterocycles. The van der Waals surface area contributed by atoms with E-state index in [0.29, 0.717) is 17.1 Å². The molecule has 33 heavy (non-hydrogen) atoms. The standard InChI is InChI=1S/C26H20FIN2O3/c1-32-25-14-20-7-3-2-6-19(20)13-22(25)26(31)30-29-15-17-9-10-24(23(28)12-17)33-16-18-5-4-8-21(27)11-18/h2-15H,16H2,1H3,(H,30,31)/b29-15-. The number of carbonyl (C=O) groups is 1. The fourth-order valence-electron chi connectivity index (χ4n) is 3.29. The molecule has 0 atom stereocenters. The summed E-state index contributed by atoms with van der Waals surface area (Å²) >= 11 is 2.16. The first kappa shape index (κ1) is 22.7. The molecular weight excluding hydrogens is 534 g/mol. The van der Waals surface area contributed by atoms with Gasteiger partial charge in [0.25, 0.3) is 5.91 Å². The van der Waals surface area contributed by atoms with E-state index < -0.39 is 0 Å². The summed E-state index contributed by atoms with van der Waals surface area (Å²) in [5.74, 6) is 0.511. The number of fused-ring (bicyclic) bond motifs is 1. The second kappa shape index (κ2) is 10.4. The van der Waals surface area contributed by atoms with Crippen LogP contribution in [0.4, 0.5) is 4.39 Å². The maximum atomic E-state index is 13.3. The summed E-state index contributed by atoms with van der Waals surface area (Å²) in [7, 11) is 1.53. The molecule has 7 heteroatoms. The van der Waals surface area contributed by atoms with Crippen LogP contribution in [-0.4, -0.2) is 19.2 Å². The van der Waals surface area contributed by atoms with E-state index in [1.165, 1.54) is 19.2 Å². The lowest BCUT2D eigenvalue weighted by Gasteiger charge is -2.10. The summed E-state index contributed by atoms with van der Waals surface area (Å²) in [5, 5.41) is 6.01. The summed E-state index contributed by atoms with van der Waals surface area (Å²) in [5.41, 5.74) is 4.51. The van der Waals surface area contributed by atoms with Gasteiger partial charge >= 0.3 is 0 Å². The molecule has 1 amide bonds. The zero-order chi connectivity index (χ0) is 23.2. The third-order valence-electron chi connectivity index (χ3n) is 4.93. The summed E-state index contributed by atoms with van der Waals surface area (Å²) in [4.78, 5) is 12.7. The molecule has 0 radical (unpaired) electrons. The van der Waals surface area contributed by atoms with E-state index in [1.54, 1.807) is 18.3 Å². The molecule has 5 nitrogen and oxygen atoms in total. The van der Waals surface area contributed by atoms with E-state index in [0.717, 1.165) is 25.5 Å². The van der Waals surface area contributed by atoms with Crippen LogP contribution in [0.2, 0.25) is 0 Å². The Bertz CT molecular complexity index is 1340. The molecule has 1 N–H and O–H groups in total. The fraction of sp³-hybridized carbons (Fsp3) is 0.0769. The first-order valence-corrected chi connectivity index (χ1v) is 11.2. The fourth-order valence-corrected chi connectivity index (χ4v) is 3.99. The summed E-state index contributed by atoms with van der Waals surface area (Å²) in [6.45, 7) is 0.269. The number of hydrazone groups is 1. The number of nitrogens with zero attached hydrogens (tertiary/aromatic N) is 1. The van der Waals surface area contributed by atoms with Gasteiger partial charge in [-0.15, -0.1) is 0 Å². The zero-order valence-electron chi connectivity index (χ0n) is 17.7. The average molecular weight is 554 g/mol. The number of hydrogen-bond donors (Lipinski definition) is 1. The number of hydrogen-bond acceptors (Lipinski definition) is 4. The first-order valence-electron chi connectivity index (χ1n) is 10.1. The van der Waals surface area contributed by atoms with Crippen molar-refractivity contribution in [2.45, 2.75) is 6.61 Å². The molecule has 4 rings (SSSR count).